The summed E-state index contributed by atoms with van der Waals surface area (Å²) in [7, 11) is 0. The summed E-state index contributed by atoms with van der Waals surface area (Å²) in [4.78, 5) is 17.8. The molecule has 1 N–H and O–H groups in total. The Morgan fingerprint density at radius 1 is 1.10 bits per heavy atom. The summed E-state index contributed by atoms with van der Waals surface area (Å²) >= 11 is 4.93. The normalized spacial score (nSPS) is 16.5. The topological polar surface area (TPSA) is 50.7 Å². The van der Waals surface area contributed by atoms with E-state index in [9.17, 15) is 4.79 Å². The van der Waals surface area contributed by atoms with Gasteiger partial charge in [-0.25, -0.2) is 4.99 Å². The van der Waals surface area contributed by atoms with E-state index in [0.29, 0.717) is 16.7 Å². The van der Waals surface area contributed by atoms with Gasteiger partial charge in [0.25, 0.3) is 5.91 Å². The highest BCUT2D eigenvalue weighted by molar-refractivity contribution is 9.10. The first-order valence-electron chi connectivity index (χ1n) is 9.67. The molecule has 4 nitrogen and oxygen atoms in total. The number of aryl methyl sites for hydroxylation is 2. The summed E-state index contributed by atoms with van der Waals surface area (Å²) in [5, 5.41) is 5.55. The molecule has 0 aliphatic carbocycles. The number of nitrogens with zero attached hydrogens (tertiary/aromatic N) is 1. The van der Waals surface area contributed by atoms with Crippen LogP contribution in [0.15, 0.2) is 62.9 Å². The third-order valence-corrected chi connectivity index (χ3v) is 6.97. The van der Waals surface area contributed by atoms with Crippen LogP contribution in [-0.4, -0.2) is 17.7 Å². The lowest BCUT2D eigenvalue weighted by atomic mass is 10.0. The predicted molar refractivity (Wildman–Crippen MR) is 130 cm³/mol. The summed E-state index contributed by atoms with van der Waals surface area (Å²) in [6, 6.07) is 16.0. The van der Waals surface area contributed by atoms with E-state index in [1.165, 1.54) is 11.8 Å². The van der Waals surface area contributed by atoms with Crippen molar-refractivity contribution in [2.24, 2.45) is 4.99 Å². The Hall–Kier alpha value is -2.57. The van der Waals surface area contributed by atoms with Gasteiger partial charge in [0.1, 0.15) is 5.75 Å². The van der Waals surface area contributed by atoms with E-state index in [4.69, 9.17) is 4.74 Å². The molecule has 1 fully saturated rings. The number of nitrogens with one attached hydrogen (secondary N) is 1. The van der Waals surface area contributed by atoms with Crippen LogP contribution >= 0.6 is 27.7 Å². The first-order chi connectivity index (χ1) is 14.5. The summed E-state index contributed by atoms with van der Waals surface area (Å²) in [6.45, 7) is 6.64. The van der Waals surface area contributed by atoms with Crippen molar-refractivity contribution in [2.45, 2.75) is 20.8 Å². The molecule has 152 valence electrons. The van der Waals surface area contributed by atoms with Crippen molar-refractivity contribution in [2.75, 3.05) is 6.61 Å². The van der Waals surface area contributed by atoms with Crippen LogP contribution in [0.5, 0.6) is 5.75 Å². The van der Waals surface area contributed by atoms with Gasteiger partial charge in [0.2, 0.25) is 0 Å². The molecular weight excluding hydrogens is 460 g/mol. The van der Waals surface area contributed by atoms with Crippen molar-refractivity contribution in [3.63, 3.8) is 0 Å². The van der Waals surface area contributed by atoms with E-state index in [-0.39, 0.29) is 5.91 Å². The van der Waals surface area contributed by atoms with Crippen LogP contribution < -0.4 is 10.1 Å². The Bertz CT molecular complexity index is 1190. The minimum atomic E-state index is -0.137. The van der Waals surface area contributed by atoms with Crippen molar-refractivity contribution >= 4 is 61.3 Å². The first kappa shape index (κ1) is 20.7. The molecule has 1 heterocycles. The number of halogens is 1. The van der Waals surface area contributed by atoms with Gasteiger partial charge in [-0.3, -0.25) is 4.79 Å². The summed E-state index contributed by atoms with van der Waals surface area (Å²) < 4.78 is 6.83. The average molecular weight is 481 g/mol. The predicted octanol–water partition coefficient (Wildman–Crippen LogP) is 6.51. The fourth-order valence-electron chi connectivity index (χ4n) is 3.43. The van der Waals surface area contributed by atoms with Crippen LogP contribution in [0, 0.1) is 13.8 Å². The Labute approximate surface area is 188 Å². The maximum atomic E-state index is 12.6. The number of amides is 1. The van der Waals surface area contributed by atoms with Crippen molar-refractivity contribution in [1.82, 2.24) is 5.32 Å². The van der Waals surface area contributed by atoms with Gasteiger partial charge in [0.05, 0.1) is 17.2 Å². The summed E-state index contributed by atoms with van der Waals surface area (Å²) in [5.41, 5.74) is 4.02. The molecule has 0 unspecified atom stereocenters. The number of ether oxygens (including phenoxy) is 1. The zero-order valence-electron chi connectivity index (χ0n) is 17.0. The SMILES string of the molecule is CCOc1ccc(/C=C2\SC(=Nc3cc(C)c(Br)c(C)c3)NC2=O)c2ccccc12. The number of carbonyl (C=O) groups excluding carboxylic acids is 1. The second-order valence-corrected chi connectivity index (χ2v) is 8.83. The third kappa shape index (κ3) is 4.16. The third-order valence-electron chi connectivity index (χ3n) is 4.81. The maximum absolute atomic E-state index is 12.6. The van der Waals surface area contributed by atoms with Crippen LogP contribution in [0.1, 0.15) is 23.6 Å². The summed E-state index contributed by atoms with van der Waals surface area (Å²) in [6.07, 6.45) is 1.92. The molecule has 3 aromatic carbocycles. The van der Waals surface area contributed by atoms with E-state index in [1.54, 1.807) is 0 Å². The van der Waals surface area contributed by atoms with Crippen molar-refractivity contribution in [3.8, 4) is 5.75 Å². The minimum absolute atomic E-state index is 0.137. The number of hydrogen-bond acceptors (Lipinski definition) is 4. The highest BCUT2D eigenvalue weighted by atomic mass is 79.9. The van der Waals surface area contributed by atoms with Crippen molar-refractivity contribution in [3.05, 3.63) is 74.6 Å². The summed E-state index contributed by atoms with van der Waals surface area (Å²) in [5.74, 6) is 0.712. The Balaban J connectivity index is 1.68. The van der Waals surface area contributed by atoms with Crippen LogP contribution in [-0.2, 0) is 4.79 Å². The molecule has 0 atom stereocenters. The van der Waals surface area contributed by atoms with Crippen molar-refractivity contribution in [1.29, 1.82) is 0 Å². The number of rotatable bonds is 4. The molecule has 1 aliphatic heterocycles. The van der Waals surface area contributed by atoms with Gasteiger partial charge < -0.3 is 10.1 Å². The number of amidine groups is 1. The number of thioether (sulfide) groups is 1. The monoisotopic (exact) mass is 480 g/mol. The van der Waals surface area contributed by atoms with Gasteiger partial charge in [-0.05, 0) is 78.9 Å². The molecule has 1 amide bonds. The zero-order valence-corrected chi connectivity index (χ0v) is 19.4. The second-order valence-electron chi connectivity index (χ2n) is 7.01. The molecule has 0 radical (unpaired) electrons. The highest BCUT2D eigenvalue weighted by Gasteiger charge is 2.24. The molecule has 0 spiro atoms. The molecule has 1 saturated heterocycles. The molecule has 0 bridgehead atoms. The van der Waals surface area contributed by atoms with Gasteiger partial charge in [0.15, 0.2) is 5.17 Å². The lowest BCUT2D eigenvalue weighted by Crippen LogP contribution is -2.19. The van der Waals surface area contributed by atoms with Gasteiger partial charge in [0, 0.05) is 9.86 Å². The highest BCUT2D eigenvalue weighted by Crippen LogP contribution is 2.34. The largest absolute Gasteiger partial charge is 0.493 e. The van der Waals surface area contributed by atoms with Crippen LogP contribution in [0.4, 0.5) is 5.69 Å². The molecule has 1 aliphatic rings. The number of fused-ring (bicyclic) bond motifs is 1. The number of benzene rings is 3. The molecule has 30 heavy (non-hydrogen) atoms. The minimum Gasteiger partial charge on any atom is -0.493 e. The molecule has 0 saturated carbocycles. The quantitative estimate of drug-likeness (QED) is 0.433. The molecule has 4 rings (SSSR count). The number of aliphatic imine (C=N–C) groups is 1. The van der Waals surface area contributed by atoms with Crippen molar-refractivity contribution < 1.29 is 9.53 Å². The van der Waals surface area contributed by atoms with Crippen LogP contribution in [0.25, 0.3) is 16.8 Å². The first-order valence-corrected chi connectivity index (χ1v) is 11.3. The van der Waals surface area contributed by atoms with Gasteiger partial charge in [-0.1, -0.05) is 46.3 Å². The Morgan fingerprint density at radius 3 is 2.50 bits per heavy atom. The van der Waals surface area contributed by atoms with Gasteiger partial charge >= 0.3 is 0 Å². The molecule has 3 aromatic rings. The van der Waals surface area contributed by atoms with E-state index in [1.807, 2.05) is 75.4 Å². The lowest BCUT2D eigenvalue weighted by Gasteiger charge is -2.09. The van der Waals surface area contributed by atoms with E-state index in [0.717, 1.165) is 43.4 Å². The molecular formula is C24H21BrN2O2S. The average Bonchev–Trinajstić information content (AvgIpc) is 3.06. The van der Waals surface area contributed by atoms with E-state index in [2.05, 4.69) is 26.2 Å². The number of hydrogen-bond donors (Lipinski definition) is 1. The van der Waals surface area contributed by atoms with Gasteiger partial charge in [-0.15, -0.1) is 0 Å². The standard InChI is InChI=1S/C24H21BrN2O2S/c1-4-29-20-10-9-16(18-7-5-6-8-19(18)20)13-21-23(28)27-24(30-21)26-17-11-14(2)22(25)15(3)12-17/h5-13H,4H2,1-3H3,(H,26,27,28)/b21-13-. The maximum Gasteiger partial charge on any atom is 0.264 e. The van der Waals surface area contributed by atoms with Gasteiger partial charge in [-0.2, -0.15) is 0 Å². The van der Waals surface area contributed by atoms with E-state index >= 15 is 0 Å². The Kier molecular flexibility index (Phi) is 5.97. The fraction of sp³-hybridized carbons (Fsp3) is 0.167. The molecule has 0 aromatic heterocycles. The van der Waals surface area contributed by atoms with Crippen LogP contribution in [0.3, 0.4) is 0 Å². The number of carbonyl (C=O) groups is 1. The zero-order chi connectivity index (χ0) is 21.3. The molecule has 6 heteroatoms. The van der Waals surface area contributed by atoms with Crippen LogP contribution in [0.2, 0.25) is 0 Å². The smallest absolute Gasteiger partial charge is 0.264 e. The second kappa shape index (κ2) is 8.66. The fourth-order valence-corrected chi connectivity index (χ4v) is 4.49. The lowest BCUT2D eigenvalue weighted by molar-refractivity contribution is -0.115. The van der Waals surface area contributed by atoms with E-state index < -0.39 is 0 Å². The Morgan fingerprint density at radius 2 is 1.80 bits per heavy atom.